The van der Waals surface area contributed by atoms with Gasteiger partial charge in [0, 0.05) is 16.9 Å². The average molecular weight is 306 g/mol. The van der Waals surface area contributed by atoms with Crippen molar-refractivity contribution in [2.24, 2.45) is 5.84 Å². The summed E-state index contributed by atoms with van der Waals surface area (Å²) >= 11 is 3.59. The normalized spacial score (nSPS) is 12.4. The molecule has 0 saturated carbocycles. The molecule has 3 N–H and O–H groups in total. The van der Waals surface area contributed by atoms with Crippen LogP contribution in [0.2, 0.25) is 0 Å². The second kappa shape index (κ2) is 6.09. The number of nitrogens with one attached hydrogen (secondary N) is 1. The van der Waals surface area contributed by atoms with Crippen molar-refractivity contribution in [1.82, 2.24) is 10.4 Å². The van der Waals surface area contributed by atoms with E-state index >= 15 is 0 Å². The van der Waals surface area contributed by atoms with Crippen LogP contribution in [0.15, 0.2) is 47.2 Å². The van der Waals surface area contributed by atoms with E-state index in [1.807, 2.05) is 12.1 Å². The van der Waals surface area contributed by atoms with E-state index in [0.29, 0.717) is 0 Å². The second-order valence-electron chi connectivity index (χ2n) is 4.30. The number of hydrogen-bond acceptors (Lipinski definition) is 3. The Bertz CT molecular complexity index is 514. The zero-order valence-corrected chi connectivity index (χ0v) is 11.8. The fourth-order valence-electron chi connectivity index (χ4n) is 1.93. The molecule has 1 atom stereocenters. The van der Waals surface area contributed by atoms with Gasteiger partial charge in [0.05, 0.1) is 6.04 Å². The third kappa shape index (κ3) is 3.16. The highest BCUT2D eigenvalue weighted by Gasteiger charge is 2.13. The lowest BCUT2D eigenvalue weighted by atomic mass is 9.99. The van der Waals surface area contributed by atoms with Gasteiger partial charge < -0.3 is 0 Å². The zero-order valence-electron chi connectivity index (χ0n) is 10.2. The molecule has 1 unspecified atom stereocenters. The van der Waals surface area contributed by atoms with E-state index in [2.05, 4.69) is 51.5 Å². The molecule has 0 amide bonds. The second-order valence-corrected chi connectivity index (χ2v) is 5.16. The Morgan fingerprint density at radius 1 is 1.28 bits per heavy atom. The highest BCUT2D eigenvalue weighted by atomic mass is 79.9. The smallest absolute Gasteiger partial charge is 0.0511 e. The Hall–Kier alpha value is -1.23. The van der Waals surface area contributed by atoms with Crippen LogP contribution in [0, 0.1) is 6.92 Å². The van der Waals surface area contributed by atoms with E-state index in [4.69, 9.17) is 5.84 Å². The molecule has 0 saturated heterocycles. The topological polar surface area (TPSA) is 50.9 Å². The van der Waals surface area contributed by atoms with E-state index in [9.17, 15) is 0 Å². The number of hydrazine groups is 1. The molecule has 1 heterocycles. The fraction of sp³-hybridized carbons (Fsp3) is 0.214. The van der Waals surface area contributed by atoms with Crippen molar-refractivity contribution in [2.75, 3.05) is 0 Å². The van der Waals surface area contributed by atoms with Crippen LogP contribution in [0.5, 0.6) is 0 Å². The first-order chi connectivity index (χ1) is 8.70. The Morgan fingerprint density at radius 3 is 2.61 bits per heavy atom. The molecule has 0 bridgehead atoms. The van der Waals surface area contributed by atoms with Crippen molar-refractivity contribution in [3.63, 3.8) is 0 Å². The Morgan fingerprint density at radius 2 is 2.00 bits per heavy atom. The minimum atomic E-state index is 0.0855. The number of benzene rings is 1. The number of nitrogens with two attached hydrogens (primary N) is 1. The highest BCUT2D eigenvalue weighted by Crippen LogP contribution is 2.26. The van der Waals surface area contributed by atoms with Gasteiger partial charge in [0.25, 0.3) is 0 Å². The van der Waals surface area contributed by atoms with Crippen LogP contribution in [0.4, 0.5) is 0 Å². The molecule has 18 heavy (non-hydrogen) atoms. The largest absolute Gasteiger partial charge is 0.271 e. The molecular formula is C14H16BrN3. The Balaban J connectivity index is 2.23. The van der Waals surface area contributed by atoms with E-state index in [1.165, 1.54) is 16.7 Å². The monoisotopic (exact) mass is 305 g/mol. The summed E-state index contributed by atoms with van der Waals surface area (Å²) in [5.41, 5.74) is 6.48. The van der Waals surface area contributed by atoms with Crippen LogP contribution in [0.1, 0.15) is 22.7 Å². The zero-order chi connectivity index (χ0) is 13.0. The molecular weight excluding hydrogens is 290 g/mol. The van der Waals surface area contributed by atoms with Crippen LogP contribution >= 0.6 is 15.9 Å². The van der Waals surface area contributed by atoms with Crippen LogP contribution in [0.25, 0.3) is 0 Å². The molecule has 94 valence electrons. The molecule has 1 aromatic carbocycles. The van der Waals surface area contributed by atoms with E-state index in [1.54, 1.807) is 12.4 Å². The molecule has 0 spiro atoms. The summed E-state index contributed by atoms with van der Waals surface area (Å²) in [5, 5.41) is 0. The van der Waals surface area contributed by atoms with Crippen molar-refractivity contribution in [3.8, 4) is 0 Å². The summed E-state index contributed by atoms with van der Waals surface area (Å²) in [5.74, 6) is 5.67. The summed E-state index contributed by atoms with van der Waals surface area (Å²) in [7, 11) is 0. The number of halogens is 1. The predicted molar refractivity (Wildman–Crippen MR) is 76.9 cm³/mol. The standard InChI is InChI=1S/C14H16BrN3/c1-10-2-3-12(13(15)8-10)14(18-16)9-11-4-6-17-7-5-11/h2-8,14,18H,9,16H2,1H3. The third-order valence-corrected chi connectivity index (χ3v) is 3.61. The number of rotatable bonds is 4. The SMILES string of the molecule is Cc1ccc(C(Cc2ccncc2)NN)c(Br)c1. The van der Waals surface area contributed by atoms with Crippen LogP contribution in [-0.2, 0) is 6.42 Å². The molecule has 3 nitrogen and oxygen atoms in total. The van der Waals surface area contributed by atoms with Gasteiger partial charge in [-0.15, -0.1) is 0 Å². The number of aromatic nitrogens is 1. The maximum Gasteiger partial charge on any atom is 0.0511 e. The first-order valence-corrected chi connectivity index (χ1v) is 6.61. The third-order valence-electron chi connectivity index (χ3n) is 2.92. The molecule has 0 aliphatic heterocycles. The van der Waals surface area contributed by atoms with E-state index in [-0.39, 0.29) is 6.04 Å². The molecule has 0 radical (unpaired) electrons. The summed E-state index contributed by atoms with van der Waals surface area (Å²) in [6.45, 7) is 2.07. The van der Waals surface area contributed by atoms with Gasteiger partial charge in [-0.3, -0.25) is 16.3 Å². The molecule has 2 aromatic rings. The van der Waals surface area contributed by atoms with Gasteiger partial charge >= 0.3 is 0 Å². The highest BCUT2D eigenvalue weighted by molar-refractivity contribution is 9.10. The van der Waals surface area contributed by atoms with Crippen LogP contribution in [0.3, 0.4) is 0 Å². The first-order valence-electron chi connectivity index (χ1n) is 5.82. The maximum absolute atomic E-state index is 5.67. The van der Waals surface area contributed by atoms with Gasteiger partial charge in [-0.05, 0) is 48.2 Å². The van der Waals surface area contributed by atoms with Crippen LogP contribution in [-0.4, -0.2) is 4.98 Å². The van der Waals surface area contributed by atoms with Crippen molar-refractivity contribution >= 4 is 15.9 Å². The first kappa shape index (κ1) is 13.2. The maximum atomic E-state index is 5.67. The van der Waals surface area contributed by atoms with Gasteiger partial charge in [0.2, 0.25) is 0 Å². The molecule has 2 rings (SSSR count). The Kier molecular flexibility index (Phi) is 4.47. The lowest BCUT2D eigenvalue weighted by Crippen LogP contribution is -2.29. The fourth-order valence-corrected chi connectivity index (χ4v) is 2.70. The van der Waals surface area contributed by atoms with Crippen molar-refractivity contribution in [3.05, 3.63) is 63.9 Å². The summed E-state index contributed by atoms with van der Waals surface area (Å²) in [6, 6.07) is 10.4. The van der Waals surface area contributed by atoms with Gasteiger partial charge in [-0.2, -0.15) is 0 Å². The summed E-state index contributed by atoms with van der Waals surface area (Å²) < 4.78 is 1.08. The van der Waals surface area contributed by atoms with Gasteiger partial charge in [0.1, 0.15) is 0 Å². The van der Waals surface area contributed by atoms with Crippen molar-refractivity contribution in [1.29, 1.82) is 0 Å². The minimum Gasteiger partial charge on any atom is -0.271 e. The number of aryl methyl sites for hydroxylation is 1. The van der Waals surface area contributed by atoms with Gasteiger partial charge in [-0.1, -0.05) is 28.1 Å². The minimum absolute atomic E-state index is 0.0855. The van der Waals surface area contributed by atoms with Gasteiger partial charge in [0.15, 0.2) is 0 Å². The van der Waals surface area contributed by atoms with E-state index < -0.39 is 0 Å². The van der Waals surface area contributed by atoms with Crippen LogP contribution < -0.4 is 11.3 Å². The van der Waals surface area contributed by atoms with Gasteiger partial charge in [-0.25, -0.2) is 0 Å². The predicted octanol–water partition coefficient (Wildman–Crippen LogP) is 2.90. The number of pyridine rings is 1. The Labute approximate surface area is 116 Å². The molecule has 0 fully saturated rings. The average Bonchev–Trinajstić information content (AvgIpc) is 2.38. The van der Waals surface area contributed by atoms with E-state index in [0.717, 1.165) is 10.9 Å². The number of hydrogen-bond donors (Lipinski definition) is 2. The summed E-state index contributed by atoms with van der Waals surface area (Å²) in [4.78, 5) is 4.02. The molecule has 1 aromatic heterocycles. The number of nitrogens with zero attached hydrogens (tertiary/aromatic N) is 1. The summed E-state index contributed by atoms with van der Waals surface area (Å²) in [6.07, 6.45) is 4.43. The van der Waals surface area contributed by atoms with Crippen molar-refractivity contribution in [2.45, 2.75) is 19.4 Å². The lowest BCUT2D eigenvalue weighted by Gasteiger charge is -2.18. The lowest BCUT2D eigenvalue weighted by molar-refractivity contribution is 0.549. The molecule has 0 aliphatic carbocycles. The van der Waals surface area contributed by atoms with Crippen molar-refractivity contribution < 1.29 is 0 Å². The molecule has 0 aliphatic rings. The quantitative estimate of drug-likeness (QED) is 0.674. The molecule has 4 heteroatoms.